The van der Waals surface area contributed by atoms with Gasteiger partial charge in [0.15, 0.2) is 5.82 Å². The van der Waals surface area contributed by atoms with Crippen molar-refractivity contribution in [3.05, 3.63) is 41.8 Å². The van der Waals surface area contributed by atoms with E-state index < -0.39 is 11.0 Å². The van der Waals surface area contributed by atoms with Crippen LogP contribution in [0.4, 0.5) is 4.79 Å². The Morgan fingerprint density at radius 3 is 2.94 bits per heavy atom. The molecule has 2 aromatic heterocycles. The minimum Gasteiger partial charge on any atom is -0.441 e. The van der Waals surface area contributed by atoms with Gasteiger partial charge in [-0.05, 0) is 69.6 Å². The number of nitrogens with zero attached hydrogens (tertiary/aromatic N) is 6. The van der Waals surface area contributed by atoms with Crippen molar-refractivity contribution in [2.24, 2.45) is 11.8 Å². The summed E-state index contributed by atoms with van der Waals surface area (Å²) in [6.07, 6.45) is 6.11. The molecule has 0 radical (unpaired) electrons. The Kier molecular flexibility index (Phi) is 6.23. The van der Waals surface area contributed by atoms with Gasteiger partial charge < -0.3 is 18.7 Å². The third kappa shape index (κ3) is 4.81. The summed E-state index contributed by atoms with van der Waals surface area (Å²) in [6, 6.07) is 7.79. The number of benzene rings is 1. The Morgan fingerprint density at radius 1 is 1.33 bits per heavy atom. The quantitative estimate of drug-likeness (QED) is 0.466. The van der Waals surface area contributed by atoms with Crippen LogP contribution in [0.5, 0.6) is 0 Å². The molecule has 0 N–H and O–H groups in total. The van der Waals surface area contributed by atoms with E-state index >= 15 is 0 Å². The molecule has 1 amide bonds. The van der Waals surface area contributed by atoms with Crippen molar-refractivity contribution in [3.8, 4) is 6.07 Å². The monoisotopic (exact) mass is 490 g/mol. The second-order valence-electron chi connectivity index (χ2n) is 11.6. The summed E-state index contributed by atoms with van der Waals surface area (Å²) in [4.78, 5) is 23.9. The van der Waals surface area contributed by atoms with Crippen molar-refractivity contribution in [2.75, 3.05) is 13.1 Å². The number of imidazole rings is 1. The van der Waals surface area contributed by atoms with Gasteiger partial charge in [0.1, 0.15) is 5.60 Å². The maximum Gasteiger partial charge on any atom is 0.410 e. The molecule has 1 aliphatic heterocycles. The first-order chi connectivity index (χ1) is 17.2. The van der Waals surface area contributed by atoms with E-state index in [-0.39, 0.29) is 6.09 Å². The molecular weight excluding hydrogens is 456 g/mol. The number of aromatic nitrogens is 4. The van der Waals surface area contributed by atoms with Crippen molar-refractivity contribution >= 4 is 17.1 Å². The average Bonchev–Trinajstić information content (AvgIpc) is 3.52. The topological polar surface area (TPSA) is 110 Å². The fourth-order valence-electron chi connectivity index (χ4n) is 5.72. The largest absolute Gasteiger partial charge is 0.441 e. The first-order valence-corrected chi connectivity index (χ1v) is 12.8. The number of rotatable bonds is 7. The summed E-state index contributed by atoms with van der Waals surface area (Å²) in [7, 11) is 0. The summed E-state index contributed by atoms with van der Waals surface area (Å²) in [6.45, 7) is 10.1. The molecule has 3 heterocycles. The van der Waals surface area contributed by atoms with Crippen molar-refractivity contribution in [2.45, 2.75) is 77.4 Å². The number of carbonyl (C=O) groups excluding carboxylic acids is 1. The van der Waals surface area contributed by atoms with Gasteiger partial charge in [-0.3, -0.25) is 0 Å². The fraction of sp³-hybridized carbons (Fsp3) is 0.593. The number of hydrogen-bond donors (Lipinski definition) is 0. The lowest BCUT2D eigenvalue weighted by Gasteiger charge is -2.36. The molecule has 0 bridgehead atoms. The predicted molar refractivity (Wildman–Crippen MR) is 133 cm³/mol. The average molecular weight is 491 g/mol. The van der Waals surface area contributed by atoms with E-state index in [1.54, 1.807) is 11.0 Å². The molecule has 9 nitrogen and oxygen atoms in total. The lowest BCUT2D eigenvalue weighted by Crippen LogP contribution is -2.43. The van der Waals surface area contributed by atoms with Gasteiger partial charge in [0.05, 0.1) is 41.0 Å². The highest BCUT2D eigenvalue weighted by Gasteiger charge is 2.49. The number of ether oxygens (including phenoxy) is 1. The highest BCUT2D eigenvalue weighted by molar-refractivity contribution is 5.77. The SMILES string of the molecule is CC(C)Cc1noc(C(C)(C)CN2CC3(CCC[C@H](Cn4cnc5ccc(C#N)cc54)C3)OC2=O)n1. The van der Waals surface area contributed by atoms with Gasteiger partial charge in [0.2, 0.25) is 5.89 Å². The van der Waals surface area contributed by atoms with Crippen molar-refractivity contribution < 1.29 is 14.1 Å². The molecule has 1 aromatic carbocycles. The zero-order valence-electron chi connectivity index (χ0n) is 21.5. The fourth-order valence-corrected chi connectivity index (χ4v) is 5.72. The number of carbonyl (C=O) groups is 1. The Morgan fingerprint density at radius 2 is 2.17 bits per heavy atom. The second kappa shape index (κ2) is 9.23. The van der Waals surface area contributed by atoms with Crippen LogP contribution in [-0.4, -0.2) is 49.4 Å². The molecule has 2 atom stereocenters. The van der Waals surface area contributed by atoms with E-state index in [9.17, 15) is 10.1 Å². The standard InChI is InChI=1S/C27H34N6O3/c1-18(2)10-23-30-24(36-31-23)26(3,4)15-33-16-27(35-25(33)34)9-5-6-20(12-27)14-32-17-29-21-8-7-19(13-28)11-22(21)32/h7-8,11,17-18,20H,5-6,9-10,12,14-16H2,1-4H3/t20-,27?/m0/s1. The van der Waals surface area contributed by atoms with Crippen LogP contribution in [0.25, 0.3) is 11.0 Å². The zero-order chi connectivity index (χ0) is 25.5. The van der Waals surface area contributed by atoms with Crippen LogP contribution in [0.15, 0.2) is 29.0 Å². The Bertz CT molecular complexity index is 1300. The molecule has 36 heavy (non-hydrogen) atoms. The van der Waals surface area contributed by atoms with Gasteiger partial charge in [-0.15, -0.1) is 0 Å². The third-order valence-electron chi connectivity index (χ3n) is 7.38. The predicted octanol–water partition coefficient (Wildman–Crippen LogP) is 4.85. The van der Waals surface area contributed by atoms with Crippen LogP contribution in [0.3, 0.4) is 0 Å². The molecule has 1 spiro atoms. The molecule has 1 saturated carbocycles. The maximum atomic E-state index is 13.0. The highest BCUT2D eigenvalue weighted by atomic mass is 16.6. The molecule has 190 valence electrons. The second-order valence-corrected chi connectivity index (χ2v) is 11.6. The minimum absolute atomic E-state index is 0.266. The van der Waals surface area contributed by atoms with Gasteiger partial charge in [-0.1, -0.05) is 19.0 Å². The maximum absolute atomic E-state index is 13.0. The van der Waals surface area contributed by atoms with E-state index in [2.05, 4.69) is 39.6 Å². The van der Waals surface area contributed by atoms with Crippen LogP contribution < -0.4 is 0 Å². The molecule has 1 unspecified atom stereocenters. The van der Waals surface area contributed by atoms with Gasteiger partial charge in [-0.25, -0.2) is 9.78 Å². The van der Waals surface area contributed by atoms with E-state index in [1.165, 1.54) is 0 Å². The number of hydrogen-bond acceptors (Lipinski definition) is 7. The van der Waals surface area contributed by atoms with E-state index in [0.29, 0.717) is 42.2 Å². The third-order valence-corrected chi connectivity index (χ3v) is 7.38. The summed E-state index contributed by atoms with van der Waals surface area (Å²) >= 11 is 0. The van der Waals surface area contributed by atoms with E-state index in [1.807, 2.05) is 32.3 Å². The molecule has 2 fully saturated rings. The van der Waals surface area contributed by atoms with Crippen molar-refractivity contribution in [1.82, 2.24) is 24.6 Å². The van der Waals surface area contributed by atoms with Gasteiger partial charge in [0, 0.05) is 19.5 Å². The molecule has 5 rings (SSSR count). The highest BCUT2D eigenvalue weighted by Crippen LogP contribution is 2.41. The summed E-state index contributed by atoms with van der Waals surface area (Å²) in [5, 5.41) is 13.4. The van der Waals surface area contributed by atoms with E-state index in [4.69, 9.17) is 9.26 Å². The minimum atomic E-state index is -0.477. The number of fused-ring (bicyclic) bond motifs is 1. The normalized spacial score (nSPS) is 22.5. The molecule has 2 aliphatic rings. The van der Waals surface area contributed by atoms with Gasteiger partial charge in [0.25, 0.3) is 0 Å². The van der Waals surface area contributed by atoms with Crippen LogP contribution >= 0.6 is 0 Å². The molecule has 9 heteroatoms. The smallest absolute Gasteiger partial charge is 0.410 e. The van der Waals surface area contributed by atoms with Gasteiger partial charge in [-0.2, -0.15) is 10.2 Å². The van der Waals surface area contributed by atoms with Crippen LogP contribution in [0.1, 0.15) is 70.7 Å². The van der Waals surface area contributed by atoms with Crippen LogP contribution in [-0.2, 0) is 23.1 Å². The van der Waals surface area contributed by atoms with Gasteiger partial charge >= 0.3 is 6.09 Å². The summed E-state index contributed by atoms with van der Waals surface area (Å²) in [5.41, 5.74) is 1.54. The molecule has 3 aromatic rings. The molecular formula is C27H34N6O3. The van der Waals surface area contributed by atoms with Crippen molar-refractivity contribution in [3.63, 3.8) is 0 Å². The number of nitriles is 1. The van der Waals surface area contributed by atoms with E-state index in [0.717, 1.165) is 49.7 Å². The summed E-state index contributed by atoms with van der Waals surface area (Å²) in [5.74, 6) is 2.06. The summed E-state index contributed by atoms with van der Waals surface area (Å²) < 4.78 is 13.8. The van der Waals surface area contributed by atoms with Crippen LogP contribution in [0.2, 0.25) is 0 Å². The molecule has 1 aliphatic carbocycles. The lowest BCUT2D eigenvalue weighted by molar-refractivity contribution is 0.00413. The lowest BCUT2D eigenvalue weighted by atomic mass is 9.77. The first kappa shape index (κ1) is 24.3. The zero-order valence-corrected chi connectivity index (χ0v) is 21.5. The molecule has 1 saturated heterocycles. The number of amides is 1. The first-order valence-electron chi connectivity index (χ1n) is 12.8. The Hall–Kier alpha value is -3.41. The van der Waals surface area contributed by atoms with Crippen LogP contribution in [0, 0.1) is 23.2 Å². The van der Waals surface area contributed by atoms with Crippen molar-refractivity contribution in [1.29, 1.82) is 5.26 Å². The Balaban J connectivity index is 1.26. The Labute approximate surface area is 211 Å².